The Morgan fingerprint density at radius 1 is 1.43 bits per heavy atom. The van der Waals surface area contributed by atoms with Gasteiger partial charge in [0.25, 0.3) is 0 Å². The molecule has 0 unspecified atom stereocenters. The van der Waals surface area contributed by atoms with E-state index < -0.39 is 6.04 Å². The van der Waals surface area contributed by atoms with Crippen LogP contribution in [0.1, 0.15) is 38.1 Å². The van der Waals surface area contributed by atoms with Gasteiger partial charge in [0, 0.05) is 17.1 Å². The lowest BCUT2D eigenvalue weighted by atomic mass is 10.0. The molecule has 0 aromatic heterocycles. The minimum atomic E-state index is -0.460. The summed E-state index contributed by atoms with van der Waals surface area (Å²) in [6.45, 7) is 6.56. The van der Waals surface area contributed by atoms with Gasteiger partial charge in [-0.1, -0.05) is 43.6 Å². The molecule has 1 aliphatic rings. The van der Waals surface area contributed by atoms with E-state index in [0.717, 1.165) is 5.56 Å². The first kappa shape index (κ1) is 18.1. The Labute approximate surface area is 146 Å². The molecule has 0 bridgehead atoms. The van der Waals surface area contributed by atoms with Crippen molar-refractivity contribution in [2.45, 2.75) is 38.6 Å². The van der Waals surface area contributed by atoms with Gasteiger partial charge in [0.05, 0.1) is 5.75 Å². The molecule has 1 N–H and O–H groups in total. The molecule has 2 amide bonds. The van der Waals surface area contributed by atoms with E-state index in [1.807, 2.05) is 31.2 Å². The highest BCUT2D eigenvalue weighted by atomic mass is 35.5. The maximum Gasteiger partial charge on any atom is 0.242 e. The van der Waals surface area contributed by atoms with Gasteiger partial charge in [-0.15, -0.1) is 11.8 Å². The van der Waals surface area contributed by atoms with Crippen LogP contribution in [-0.4, -0.2) is 35.1 Å². The van der Waals surface area contributed by atoms with E-state index in [9.17, 15) is 9.59 Å². The number of thioether (sulfide) groups is 1. The monoisotopic (exact) mass is 354 g/mol. The highest BCUT2D eigenvalue weighted by Gasteiger charge is 2.41. The Hall–Kier alpha value is -1.20. The van der Waals surface area contributed by atoms with Crippen LogP contribution >= 0.6 is 23.4 Å². The summed E-state index contributed by atoms with van der Waals surface area (Å²) in [5.41, 5.74) is 0.892. The second-order valence-corrected chi connectivity index (χ2v) is 7.50. The molecule has 6 heteroatoms. The summed E-state index contributed by atoms with van der Waals surface area (Å²) in [4.78, 5) is 26.7. The van der Waals surface area contributed by atoms with Gasteiger partial charge >= 0.3 is 0 Å². The quantitative estimate of drug-likeness (QED) is 0.851. The topological polar surface area (TPSA) is 49.4 Å². The lowest BCUT2D eigenvalue weighted by Crippen LogP contribution is -2.49. The summed E-state index contributed by atoms with van der Waals surface area (Å²) in [5.74, 6) is 0.600. The van der Waals surface area contributed by atoms with Gasteiger partial charge in [0.15, 0.2) is 0 Å². The van der Waals surface area contributed by atoms with E-state index >= 15 is 0 Å². The average molecular weight is 355 g/mol. The molecule has 2 rings (SSSR count). The molecule has 0 aliphatic carbocycles. The molecule has 1 heterocycles. The Morgan fingerprint density at radius 3 is 2.74 bits per heavy atom. The van der Waals surface area contributed by atoms with Gasteiger partial charge in [0.1, 0.15) is 11.4 Å². The van der Waals surface area contributed by atoms with E-state index in [2.05, 4.69) is 19.2 Å². The van der Waals surface area contributed by atoms with Crippen molar-refractivity contribution in [1.29, 1.82) is 0 Å². The molecule has 1 fully saturated rings. The van der Waals surface area contributed by atoms with Crippen molar-refractivity contribution in [3.05, 3.63) is 34.9 Å². The number of benzene rings is 1. The van der Waals surface area contributed by atoms with Crippen LogP contribution in [0.15, 0.2) is 24.3 Å². The van der Waals surface area contributed by atoms with Crippen LogP contribution in [0.25, 0.3) is 0 Å². The van der Waals surface area contributed by atoms with Crippen LogP contribution in [0.5, 0.6) is 0 Å². The van der Waals surface area contributed by atoms with Crippen LogP contribution in [0.4, 0.5) is 0 Å². The fourth-order valence-corrected chi connectivity index (χ4v) is 4.34. The summed E-state index contributed by atoms with van der Waals surface area (Å²) in [5, 5.41) is 3.28. The van der Waals surface area contributed by atoms with Crippen LogP contribution < -0.4 is 5.32 Å². The number of nitrogens with one attached hydrogen (secondary N) is 1. The van der Waals surface area contributed by atoms with Crippen LogP contribution in [0.3, 0.4) is 0 Å². The minimum Gasteiger partial charge on any atom is -0.355 e. The molecule has 2 atom stereocenters. The molecule has 4 nitrogen and oxygen atoms in total. The van der Waals surface area contributed by atoms with Crippen molar-refractivity contribution in [2.75, 3.05) is 12.3 Å². The van der Waals surface area contributed by atoms with Crippen LogP contribution in [0.2, 0.25) is 5.02 Å². The molecular formula is C17H23ClN2O2S. The first-order valence-electron chi connectivity index (χ1n) is 7.90. The number of rotatable bonds is 6. The van der Waals surface area contributed by atoms with Crippen molar-refractivity contribution in [3.63, 3.8) is 0 Å². The Kier molecular flexibility index (Phi) is 6.36. The molecule has 1 aromatic rings. The summed E-state index contributed by atoms with van der Waals surface area (Å²) >= 11 is 7.85. The lowest BCUT2D eigenvalue weighted by Gasteiger charge is -2.33. The maximum absolute atomic E-state index is 12.5. The summed E-state index contributed by atoms with van der Waals surface area (Å²) in [7, 11) is 0. The molecule has 126 valence electrons. The number of hydrogen-bond donors (Lipinski definition) is 1. The fraction of sp³-hybridized carbons (Fsp3) is 0.529. The third-order valence-corrected chi connectivity index (χ3v) is 5.32. The van der Waals surface area contributed by atoms with Crippen molar-refractivity contribution in [3.8, 4) is 0 Å². The maximum atomic E-state index is 12.5. The third kappa shape index (κ3) is 4.21. The zero-order valence-electron chi connectivity index (χ0n) is 13.7. The van der Waals surface area contributed by atoms with Gasteiger partial charge < -0.3 is 10.2 Å². The van der Waals surface area contributed by atoms with Crippen molar-refractivity contribution >= 4 is 35.2 Å². The van der Waals surface area contributed by atoms with Crippen LogP contribution in [-0.2, 0) is 9.59 Å². The predicted octanol–water partition coefficient (Wildman–Crippen LogP) is 3.46. The lowest BCUT2D eigenvalue weighted by molar-refractivity contribution is -0.139. The summed E-state index contributed by atoms with van der Waals surface area (Å²) in [6, 6.07) is 7.07. The molecule has 0 spiro atoms. The number of halogens is 1. The van der Waals surface area contributed by atoms with Crippen molar-refractivity contribution in [1.82, 2.24) is 10.2 Å². The van der Waals surface area contributed by atoms with E-state index in [4.69, 9.17) is 11.6 Å². The number of nitrogens with zero attached hydrogens (tertiary/aromatic N) is 1. The Morgan fingerprint density at radius 2 is 2.13 bits per heavy atom. The highest BCUT2D eigenvalue weighted by molar-refractivity contribution is 8.00. The largest absolute Gasteiger partial charge is 0.355 e. The van der Waals surface area contributed by atoms with Gasteiger partial charge in [-0.3, -0.25) is 9.59 Å². The van der Waals surface area contributed by atoms with Gasteiger partial charge in [-0.2, -0.15) is 0 Å². The fourth-order valence-electron chi connectivity index (χ4n) is 2.77. The Balaban J connectivity index is 2.35. The van der Waals surface area contributed by atoms with E-state index in [0.29, 0.717) is 29.7 Å². The zero-order valence-corrected chi connectivity index (χ0v) is 15.3. The number of amides is 2. The number of likely N-dealkylation sites (N-methyl/N-ethyl adjacent to an activating group) is 1. The standard InChI is InChI=1S/C17H23ClN2O2S/c1-4-19-16(22)14(9-11(2)3)20-15(21)10-23-17(20)12-7-5-6-8-13(12)18/h5-8,11,14,17H,4,9-10H2,1-3H3,(H,19,22)/t14-,17-/m1/s1. The van der Waals surface area contributed by atoms with Crippen molar-refractivity contribution in [2.24, 2.45) is 5.92 Å². The van der Waals surface area contributed by atoms with Crippen LogP contribution in [0, 0.1) is 5.92 Å². The number of hydrogen-bond acceptors (Lipinski definition) is 3. The number of carbonyl (C=O) groups is 2. The second kappa shape index (κ2) is 8.06. The second-order valence-electron chi connectivity index (χ2n) is 6.03. The molecule has 23 heavy (non-hydrogen) atoms. The average Bonchev–Trinajstić information content (AvgIpc) is 2.87. The summed E-state index contributed by atoms with van der Waals surface area (Å²) in [6.07, 6.45) is 0.638. The third-order valence-electron chi connectivity index (χ3n) is 3.76. The molecule has 0 radical (unpaired) electrons. The first-order valence-corrected chi connectivity index (χ1v) is 9.33. The minimum absolute atomic E-state index is 0.00294. The van der Waals surface area contributed by atoms with E-state index in [1.54, 1.807) is 4.90 Å². The highest BCUT2D eigenvalue weighted by Crippen LogP contribution is 2.43. The smallest absolute Gasteiger partial charge is 0.242 e. The van der Waals surface area contributed by atoms with Gasteiger partial charge in [-0.25, -0.2) is 0 Å². The molecule has 0 saturated carbocycles. The van der Waals surface area contributed by atoms with E-state index in [1.165, 1.54) is 11.8 Å². The van der Waals surface area contributed by atoms with E-state index in [-0.39, 0.29) is 17.2 Å². The molecule has 1 aliphatic heterocycles. The number of carbonyl (C=O) groups excluding carboxylic acids is 2. The SMILES string of the molecule is CCNC(=O)[C@@H](CC(C)C)N1C(=O)CS[C@@H]1c1ccccc1Cl. The molecule has 1 saturated heterocycles. The molecule has 1 aromatic carbocycles. The summed E-state index contributed by atoms with van der Waals surface area (Å²) < 4.78 is 0. The first-order chi connectivity index (χ1) is 11.0. The normalized spacial score (nSPS) is 19.3. The Bertz CT molecular complexity index is 579. The van der Waals surface area contributed by atoms with Gasteiger partial charge in [-0.05, 0) is 25.3 Å². The van der Waals surface area contributed by atoms with Gasteiger partial charge in [0.2, 0.25) is 11.8 Å². The van der Waals surface area contributed by atoms with Crippen molar-refractivity contribution < 1.29 is 9.59 Å². The molecular weight excluding hydrogens is 332 g/mol. The predicted molar refractivity (Wildman–Crippen MR) is 95.4 cm³/mol. The zero-order chi connectivity index (χ0) is 17.0.